The van der Waals surface area contributed by atoms with Gasteiger partial charge in [0.1, 0.15) is 5.41 Å². The van der Waals surface area contributed by atoms with Gasteiger partial charge in [0.2, 0.25) is 0 Å². The predicted octanol–water partition coefficient (Wildman–Crippen LogP) is 8.09. The van der Waals surface area contributed by atoms with Crippen LogP contribution in [0.5, 0.6) is 0 Å². The topological polar surface area (TPSA) is 74.6 Å². The molecule has 2 unspecified atom stereocenters. The maximum absolute atomic E-state index is 12.8. The van der Waals surface area contributed by atoms with Crippen molar-refractivity contribution in [2.45, 2.75) is 135 Å². The average molecular weight is 473 g/mol. The van der Waals surface area contributed by atoms with E-state index >= 15 is 0 Å². The van der Waals surface area contributed by atoms with Crippen LogP contribution >= 0.6 is 0 Å². The van der Waals surface area contributed by atoms with Gasteiger partial charge in [-0.15, -0.1) is 0 Å². The number of unbranched alkanes of at least 4 members (excludes halogenated alkanes) is 10. The molecule has 0 bridgehead atoms. The summed E-state index contributed by atoms with van der Waals surface area (Å²) >= 11 is 0. The zero-order valence-corrected chi connectivity index (χ0v) is 21.7. The van der Waals surface area contributed by atoms with Gasteiger partial charge in [-0.1, -0.05) is 109 Å². The molecule has 0 spiro atoms. The van der Waals surface area contributed by atoms with Gasteiger partial charge in [-0.3, -0.25) is 9.59 Å². The van der Waals surface area contributed by atoms with Gasteiger partial charge in [0.15, 0.2) is 0 Å². The van der Waals surface area contributed by atoms with Crippen molar-refractivity contribution in [1.82, 2.24) is 0 Å². The molecule has 4 heteroatoms. The number of benzene rings is 1. The Morgan fingerprint density at radius 1 is 0.824 bits per heavy atom. The Morgan fingerprint density at radius 2 is 1.41 bits per heavy atom. The summed E-state index contributed by atoms with van der Waals surface area (Å²) in [5.74, 6) is -2.78. The van der Waals surface area contributed by atoms with Crippen molar-refractivity contribution in [1.29, 1.82) is 0 Å². The lowest BCUT2D eigenvalue weighted by Crippen LogP contribution is -2.49. The molecule has 0 saturated heterocycles. The maximum atomic E-state index is 12.8. The fourth-order valence-electron chi connectivity index (χ4n) is 5.96. The summed E-state index contributed by atoms with van der Waals surface area (Å²) in [4.78, 5) is 25.0. The highest BCUT2D eigenvalue weighted by Gasteiger charge is 2.53. The van der Waals surface area contributed by atoms with Gasteiger partial charge < -0.3 is 10.2 Å². The molecule has 0 amide bonds. The minimum Gasteiger partial charge on any atom is -0.481 e. The Labute approximate surface area is 207 Å². The van der Waals surface area contributed by atoms with E-state index < -0.39 is 23.3 Å². The van der Waals surface area contributed by atoms with E-state index in [2.05, 4.69) is 19.9 Å². The Bertz CT molecular complexity index is 756. The van der Waals surface area contributed by atoms with Crippen molar-refractivity contribution < 1.29 is 19.8 Å². The lowest BCUT2D eigenvalue weighted by atomic mass is 9.61. The van der Waals surface area contributed by atoms with Crippen LogP contribution in [0.3, 0.4) is 0 Å². The van der Waals surface area contributed by atoms with E-state index in [1.54, 1.807) is 0 Å². The lowest BCUT2D eigenvalue weighted by Gasteiger charge is -2.40. The van der Waals surface area contributed by atoms with Crippen LogP contribution in [-0.4, -0.2) is 22.2 Å². The van der Waals surface area contributed by atoms with Crippen LogP contribution in [0, 0.1) is 5.92 Å². The number of hydrogen-bond donors (Lipinski definition) is 2. The monoisotopic (exact) mass is 472 g/mol. The average Bonchev–Trinajstić information content (AvgIpc) is 2.83. The number of aliphatic carboxylic acids is 2. The van der Waals surface area contributed by atoms with E-state index in [-0.39, 0.29) is 0 Å². The molecule has 192 valence electrons. The molecule has 2 rings (SSSR count). The Hall–Kier alpha value is -1.84. The van der Waals surface area contributed by atoms with Crippen molar-refractivity contribution in [2.24, 2.45) is 5.92 Å². The molecule has 2 N–H and O–H groups in total. The predicted molar refractivity (Wildman–Crippen MR) is 140 cm³/mol. The summed E-state index contributed by atoms with van der Waals surface area (Å²) in [6.07, 6.45) is 18.7. The van der Waals surface area contributed by atoms with Crippen LogP contribution < -0.4 is 0 Å². The smallest absolute Gasteiger partial charge is 0.315 e. The molecule has 0 heterocycles. The third-order valence-corrected chi connectivity index (χ3v) is 7.92. The molecule has 4 nitrogen and oxygen atoms in total. The summed E-state index contributed by atoms with van der Waals surface area (Å²) < 4.78 is 0. The highest BCUT2D eigenvalue weighted by Crippen LogP contribution is 2.46. The van der Waals surface area contributed by atoms with Gasteiger partial charge in [0.25, 0.3) is 0 Å². The second-order valence-corrected chi connectivity index (χ2v) is 10.4. The summed E-state index contributed by atoms with van der Waals surface area (Å²) in [7, 11) is 0. The van der Waals surface area contributed by atoms with E-state index in [1.807, 2.05) is 12.1 Å². The van der Waals surface area contributed by atoms with Gasteiger partial charge in [-0.2, -0.15) is 0 Å². The number of aryl methyl sites for hydroxylation is 1. The molecule has 1 aliphatic rings. The summed E-state index contributed by atoms with van der Waals surface area (Å²) in [5.41, 5.74) is 1.88. The number of carboxylic acids is 2. The third-order valence-electron chi connectivity index (χ3n) is 7.92. The summed E-state index contributed by atoms with van der Waals surface area (Å²) in [6.45, 7) is 4.45. The second-order valence-electron chi connectivity index (χ2n) is 10.4. The minimum atomic E-state index is -1.31. The highest BCUT2D eigenvalue weighted by molar-refractivity contribution is 5.89. The fraction of sp³-hybridized carbons (Fsp3) is 0.733. The first-order valence-electron chi connectivity index (χ1n) is 14.1. The zero-order valence-electron chi connectivity index (χ0n) is 21.7. The third kappa shape index (κ3) is 7.58. The van der Waals surface area contributed by atoms with Gasteiger partial charge in [-0.05, 0) is 55.2 Å². The fourth-order valence-corrected chi connectivity index (χ4v) is 5.96. The largest absolute Gasteiger partial charge is 0.481 e. The molecule has 34 heavy (non-hydrogen) atoms. The second kappa shape index (κ2) is 15.2. The quantitative estimate of drug-likeness (QED) is 0.225. The minimum absolute atomic E-state index is 0.420. The zero-order chi connectivity index (χ0) is 24.8. The van der Waals surface area contributed by atoms with Crippen LogP contribution in [0.2, 0.25) is 0 Å². The molecule has 1 fully saturated rings. The molecular formula is C30H48O4. The first-order valence-corrected chi connectivity index (χ1v) is 14.1. The SMILES string of the molecule is CCCCCCCCc1cccc(C2(C(=O)O)CCCCC2C(=O)O)c1CCCCCCCC. The molecule has 0 radical (unpaired) electrons. The van der Waals surface area contributed by atoms with E-state index in [4.69, 9.17) is 0 Å². The normalized spacial score (nSPS) is 20.4. The van der Waals surface area contributed by atoms with E-state index in [9.17, 15) is 19.8 Å². The number of carbonyl (C=O) groups is 2. The maximum Gasteiger partial charge on any atom is 0.315 e. The van der Waals surface area contributed by atoms with Crippen molar-refractivity contribution >= 4 is 11.9 Å². The van der Waals surface area contributed by atoms with Gasteiger partial charge in [-0.25, -0.2) is 0 Å². The number of hydrogen-bond acceptors (Lipinski definition) is 2. The molecular weight excluding hydrogens is 424 g/mol. The number of carboxylic acid groups (broad SMARTS) is 2. The first kappa shape index (κ1) is 28.4. The lowest BCUT2D eigenvalue weighted by molar-refractivity contribution is -0.158. The van der Waals surface area contributed by atoms with Crippen LogP contribution in [0.15, 0.2) is 18.2 Å². The van der Waals surface area contributed by atoms with Gasteiger partial charge >= 0.3 is 11.9 Å². The van der Waals surface area contributed by atoms with Gasteiger partial charge in [0, 0.05) is 0 Å². The van der Waals surface area contributed by atoms with E-state index in [0.717, 1.165) is 56.1 Å². The Morgan fingerprint density at radius 3 is 2.00 bits per heavy atom. The molecule has 0 aromatic heterocycles. The van der Waals surface area contributed by atoms with Crippen LogP contribution in [-0.2, 0) is 27.8 Å². The van der Waals surface area contributed by atoms with Gasteiger partial charge in [0.05, 0.1) is 5.92 Å². The first-order chi connectivity index (χ1) is 16.5. The molecule has 1 saturated carbocycles. The molecule has 1 aliphatic carbocycles. The van der Waals surface area contributed by atoms with E-state index in [0.29, 0.717) is 12.8 Å². The summed E-state index contributed by atoms with van der Waals surface area (Å²) in [6, 6.07) is 6.08. The van der Waals surface area contributed by atoms with Crippen molar-refractivity contribution in [2.75, 3.05) is 0 Å². The van der Waals surface area contributed by atoms with Crippen molar-refractivity contribution in [3.8, 4) is 0 Å². The van der Waals surface area contributed by atoms with Crippen molar-refractivity contribution in [3.63, 3.8) is 0 Å². The highest BCUT2D eigenvalue weighted by atomic mass is 16.4. The van der Waals surface area contributed by atoms with Crippen LogP contribution in [0.25, 0.3) is 0 Å². The number of rotatable bonds is 17. The molecule has 1 aromatic rings. The molecule has 0 aliphatic heterocycles. The standard InChI is InChI=1S/C30H48O4/c1-3-5-7-9-11-13-18-24-19-17-22-26(25(24)20-14-12-10-8-6-4-2)30(29(33)34)23-16-15-21-27(30)28(31)32/h17,19,22,27H,3-16,18,20-21,23H2,1-2H3,(H,31,32)(H,33,34). The van der Waals surface area contributed by atoms with Crippen LogP contribution in [0.1, 0.15) is 133 Å². The Kier molecular flexibility index (Phi) is 12.7. The Balaban J connectivity index is 2.32. The van der Waals surface area contributed by atoms with Crippen LogP contribution in [0.4, 0.5) is 0 Å². The van der Waals surface area contributed by atoms with Crippen molar-refractivity contribution in [3.05, 3.63) is 34.9 Å². The summed E-state index contributed by atoms with van der Waals surface area (Å²) in [5, 5.41) is 20.5. The molecule has 1 aromatic carbocycles. The van der Waals surface area contributed by atoms with E-state index in [1.165, 1.54) is 63.4 Å². The molecule has 2 atom stereocenters.